The first-order valence-corrected chi connectivity index (χ1v) is 10.7. The number of carbonyl (C=O) groups is 2. The first kappa shape index (κ1) is 23.7. The molecule has 1 aromatic heterocycles. The summed E-state index contributed by atoms with van der Waals surface area (Å²) in [5.74, 6) is 0.366. The fourth-order valence-electron chi connectivity index (χ4n) is 3.02. The van der Waals surface area contributed by atoms with Crippen molar-refractivity contribution in [3.05, 3.63) is 46.2 Å². The summed E-state index contributed by atoms with van der Waals surface area (Å²) in [5.41, 5.74) is 0.370. The minimum Gasteiger partial charge on any atom is -0.497 e. The van der Waals surface area contributed by atoms with Gasteiger partial charge >= 0.3 is 0 Å². The second kappa shape index (κ2) is 11.0. The maximum Gasteiger partial charge on any atom is 0.252 e. The molecule has 0 fully saturated rings. The Morgan fingerprint density at radius 2 is 1.73 bits per heavy atom. The highest BCUT2D eigenvalue weighted by Gasteiger charge is 2.26. The number of rotatable bonds is 10. The maximum atomic E-state index is 12.9. The average molecular weight is 434 g/mol. The Labute approximate surface area is 182 Å². The summed E-state index contributed by atoms with van der Waals surface area (Å²) in [6.07, 6.45) is 0. The number of ether oxygens (including phenoxy) is 2. The minimum absolute atomic E-state index is 0.0695. The van der Waals surface area contributed by atoms with Gasteiger partial charge in [0.05, 0.1) is 20.3 Å². The van der Waals surface area contributed by atoms with Gasteiger partial charge in [0, 0.05) is 23.1 Å². The van der Waals surface area contributed by atoms with Gasteiger partial charge in [0.25, 0.3) is 5.91 Å². The summed E-state index contributed by atoms with van der Waals surface area (Å²) in [5, 5.41) is 7.87. The number of carbonyl (C=O) groups excluding carboxylic acids is 2. The van der Waals surface area contributed by atoms with Crippen LogP contribution >= 0.6 is 11.3 Å². The number of amides is 2. The molecule has 0 aliphatic rings. The van der Waals surface area contributed by atoms with E-state index in [-0.39, 0.29) is 23.8 Å². The van der Waals surface area contributed by atoms with E-state index in [0.717, 1.165) is 0 Å². The first-order chi connectivity index (χ1) is 14.3. The van der Waals surface area contributed by atoms with Gasteiger partial charge in [-0.3, -0.25) is 9.59 Å². The van der Waals surface area contributed by atoms with Crippen LogP contribution in [0.15, 0.2) is 35.7 Å². The third kappa shape index (κ3) is 6.21. The predicted molar refractivity (Wildman–Crippen MR) is 119 cm³/mol. The molecule has 0 saturated heterocycles. The van der Waals surface area contributed by atoms with Crippen molar-refractivity contribution >= 4 is 23.2 Å². The van der Waals surface area contributed by atoms with Gasteiger partial charge in [0.2, 0.25) is 5.91 Å². The van der Waals surface area contributed by atoms with E-state index >= 15 is 0 Å². The van der Waals surface area contributed by atoms with Gasteiger partial charge in [-0.25, -0.2) is 0 Å². The van der Waals surface area contributed by atoms with Gasteiger partial charge in [0.1, 0.15) is 17.5 Å². The highest BCUT2D eigenvalue weighted by atomic mass is 32.1. The fraction of sp³-hybridized carbons (Fsp3) is 0.455. The van der Waals surface area contributed by atoms with Crippen molar-refractivity contribution in [1.29, 1.82) is 0 Å². The van der Waals surface area contributed by atoms with Crippen LogP contribution in [0.4, 0.5) is 0 Å². The van der Waals surface area contributed by atoms with Crippen LogP contribution in [0.3, 0.4) is 0 Å². The zero-order valence-electron chi connectivity index (χ0n) is 18.4. The largest absolute Gasteiger partial charge is 0.497 e. The molecular formula is C22H31N3O4S. The molecular weight excluding hydrogens is 402 g/mol. The number of methoxy groups -OCH3 is 2. The summed E-state index contributed by atoms with van der Waals surface area (Å²) in [6.45, 7) is 4.26. The molecule has 8 heteroatoms. The smallest absolute Gasteiger partial charge is 0.252 e. The van der Waals surface area contributed by atoms with Gasteiger partial charge in [-0.15, -0.1) is 11.3 Å². The molecule has 0 spiro atoms. The molecule has 2 aromatic rings. The van der Waals surface area contributed by atoms with Crippen molar-refractivity contribution < 1.29 is 19.1 Å². The van der Waals surface area contributed by atoms with Crippen LogP contribution < -0.4 is 20.1 Å². The Balaban J connectivity index is 2.09. The van der Waals surface area contributed by atoms with Crippen molar-refractivity contribution in [3.63, 3.8) is 0 Å². The Morgan fingerprint density at radius 3 is 2.20 bits per heavy atom. The lowest BCUT2D eigenvalue weighted by atomic mass is 10.0. The van der Waals surface area contributed by atoms with Crippen LogP contribution in [-0.2, 0) is 4.79 Å². The molecule has 0 bridgehead atoms. The predicted octanol–water partition coefficient (Wildman–Crippen LogP) is 2.94. The lowest BCUT2D eigenvalue weighted by Gasteiger charge is -2.26. The number of benzene rings is 1. The van der Waals surface area contributed by atoms with Gasteiger partial charge in [-0.05, 0) is 43.6 Å². The van der Waals surface area contributed by atoms with Crippen molar-refractivity contribution in [2.24, 2.45) is 5.92 Å². The summed E-state index contributed by atoms with van der Waals surface area (Å²) < 4.78 is 10.5. The Hall–Kier alpha value is -2.58. The van der Waals surface area contributed by atoms with Crippen LogP contribution in [0.5, 0.6) is 11.5 Å². The van der Waals surface area contributed by atoms with Gasteiger partial charge in [0.15, 0.2) is 0 Å². The van der Waals surface area contributed by atoms with E-state index in [1.807, 2.05) is 39.4 Å². The van der Waals surface area contributed by atoms with E-state index in [9.17, 15) is 9.59 Å². The van der Waals surface area contributed by atoms with E-state index in [0.29, 0.717) is 23.6 Å². The fourth-order valence-corrected chi connectivity index (χ4v) is 3.95. The van der Waals surface area contributed by atoms with Crippen LogP contribution in [-0.4, -0.2) is 57.6 Å². The van der Waals surface area contributed by atoms with E-state index in [4.69, 9.17) is 9.47 Å². The van der Waals surface area contributed by atoms with Crippen LogP contribution in [0.25, 0.3) is 0 Å². The summed E-state index contributed by atoms with van der Waals surface area (Å²) in [4.78, 5) is 29.0. The van der Waals surface area contributed by atoms with Gasteiger partial charge in [-0.1, -0.05) is 19.9 Å². The molecule has 2 amide bonds. The zero-order valence-corrected chi connectivity index (χ0v) is 19.2. The Morgan fingerprint density at radius 1 is 1.10 bits per heavy atom. The molecule has 164 valence electrons. The summed E-state index contributed by atoms with van der Waals surface area (Å²) in [6, 6.07) is 8.38. The van der Waals surface area contributed by atoms with Crippen molar-refractivity contribution in [1.82, 2.24) is 15.5 Å². The molecule has 1 heterocycles. The van der Waals surface area contributed by atoms with Crippen LogP contribution in [0, 0.1) is 5.92 Å². The Bertz CT molecular complexity index is 815. The third-order valence-corrected chi connectivity index (χ3v) is 5.79. The lowest BCUT2D eigenvalue weighted by Crippen LogP contribution is -2.51. The summed E-state index contributed by atoms with van der Waals surface area (Å²) in [7, 11) is 7.01. The molecule has 0 radical (unpaired) electrons. The normalized spacial score (nSPS) is 13.1. The molecule has 0 unspecified atom stereocenters. The topological polar surface area (TPSA) is 79.9 Å². The highest BCUT2D eigenvalue weighted by Crippen LogP contribution is 2.23. The summed E-state index contributed by atoms with van der Waals surface area (Å²) >= 11 is 1.65. The van der Waals surface area contributed by atoms with Crippen LogP contribution in [0.1, 0.15) is 35.1 Å². The molecule has 2 rings (SSSR count). The Kier molecular flexibility index (Phi) is 8.68. The van der Waals surface area contributed by atoms with Gasteiger partial charge in [-0.2, -0.15) is 0 Å². The van der Waals surface area contributed by atoms with Gasteiger partial charge < -0.3 is 25.0 Å². The number of hydrogen-bond acceptors (Lipinski definition) is 6. The molecule has 0 aliphatic carbocycles. The molecule has 30 heavy (non-hydrogen) atoms. The number of likely N-dealkylation sites (N-methyl/N-ethyl adjacent to an activating group) is 1. The average Bonchev–Trinajstić information content (AvgIpc) is 3.25. The zero-order chi connectivity index (χ0) is 22.3. The van der Waals surface area contributed by atoms with E-state index in [1.165, 1.54) is 19.1 Å². The lowest BCUT2D eigenvalue weighted by molar-refractivity contribution is -0.124. The number of hydrogen-bond donors (Lipinski definition) is 2. The molecule has 2 N–H and O–H groups in total. The van der Waals surface area contributed by atoms with Crippen molar-refractivity contribution in [2.45, 2.75) is 25.9 Å². The molecule has 1 aromatic carbocycles. The van der Waals surface area contributed by atoms with Crippen molar-refractivity contribution in [2.75, 3.05) is 34.9 Å². The number of nitrogens with zero attached hydrogens (tertiary/aromatic N) is 1. The molecule has 0 aliphatic heterocycles. The second-order valence-electron chi connectivity index (χ2n) is 7.54. The highest BCUT2D eigenvalue weighted by molar-refractivity contribution is 7.10. The SMILES string of the molecule is COc1cc(OC)cc(C(=O)N[C@H](C(=O)NC[C@@H](c2cccs2)N(C)C)C(C)C)c1. The second-order valence-corrected chi connectivity index (χ2v) is 8.52. The van der Waals surface area contributed by atoms with Crippen LogP contribution in [0.2, 0.25) is 0 Å². The van der Waals surface area contributed by atoms with E-state index < -0.39 is 6.04 Å². The molecule has 2 atom stereocenters. The third-order valence-electron chi connectivity index (χ3n) is 4.81. The standard InChI is InChI=1S/C22H31N3O4S/c1-14(2)20(22(27)23-13-18(25(3)4)19-8-7-9-30-19)24-21(26)15-10-16(28-5)12-17(11-15)29-6/h7-12,14,18,20H,13H2,1-6H3,(H,23,27)(H,24,26)/t18-,20-/m0/s1. The maximum absolute atomic E-state index is 12.9. The minimum atomic E-state index is -0.666. The molecule has 7 nitrogen and oxygen atoms in total. The van der Waals surface area contributed by atoms with Crippen molar-refractivity contribution in [3.8, 4) is 11.5 Å². The molecule has 0 saturated carbocycles. The quantitative estimate of drug-likeness (QED) is 0.602. The van der Waals surface area contributed by atoms with E-state index in [1.54, 1.807) is 29.5 Å². The van der Waals surface area contributed by atoms with E-state index in [2.05, 4.69) is 21.6 Å². The monoisotopic (exact) mass is 433 g/mol. The number of thiophene rings is 1. The number of nitrogens with one attached hydrogen (secondary N) is 2. The first-order valence-electron chi connectivity index (χ1n) is 9.78.